The summed E-state index contributed by atoms with van der Waals surface area (Å²) in [4.78, 5) is 10.5. The number of aryl methyl sites for hydroxylation is 1. The van der Waals surface area contributed by atoms with Crippen LogP contribution < -0.4 is 0 Å². The fourth-order valence-electron chi connectivity index (χ4n) is 1.69. The first kappa shape index (κ1) is 12.7. The van der Waals surface area contributed by atoms with Gasteiger partial charge in [0.1, 0.15) is 5.82 Å². The molecule has 1 rings (SSSR count). The second kappa shape index (κ2) is 6.26. The van der Waals surface area contributed by atoms with Gasteiger partial charge < -0.3 is 5.11 Å². The fraction of sp³-hybridized carbons (Fsp3) is 0.462. The predicted molar refractivity (Wildman–Crippen MR) is 61.0 cm³/mol. The van der Waals surface area contributed by atoms with E-state index in [1.165, 1.54) is 6.07 Å². The van der Waals surface area contributed by atoms with Crippen molar-refractivity contribution in [2.45, 2.75) is 39.0 Å². The number of hydrogen-bond acceptors (Lipinski definition) is 1. The maximum absolute atomic E-state index is 13.8. The Bertz CT molecular complexity index is 361. The van der Waals surface area contributed by atoms with E-state index in [0.717, 1.165) is 19.3 Å². The molecule has 0 fully saturated rings. The largest absolute Gasteiger partial charge is 0.481 e. The molecule has 0 aliphatic heterocycles. The van der Waals surface area contributed by atoms with Crippen molar-refractivity contribution in [1.82, 2.24) is 0 Å². The number of aliphatic carboxylic acids is 1. The smallest absolute Gasteiger partial charge is 0.307 e. The van der Waals surface area contributed by atoms with Crippen molar-refractivity contribution >= 4 is 5.97 Å². The van der Waals surface area contributed by atoms with Crippen molar-refractivity contribution < 1.29 is 14.3 Å². The van der Waals surface area contributed by atoms with Crippen LogP contribution in [0, 0.1) is 5.82 Å². The summed E-state index contributed by atoms with van der Waals surface area (Å²) in [6.07, 6.45) is 3.56. The Kier molecular flexibility index (Phi) is 4.96. The van der Waals surface area contributed by atoms with E-state index in [1.807, 2.05) is 0 Å². The molecule has 1 N–H and O–H groups in total. The van der Waals surface area contributed by atoms with E-state index in [-0.39, 0.29) is 17.8 Å². The maximum atomic E-state index is 13.8. The molecule has 2 nitrogen and oxygen atoms in total. The zero-order valence-electron chi connectivity index (χ0n) is 9.50. The molecule has 0 spiro atoms. The molecule has 1 aromatic rings. The highest BCUT2D eigenvalue weighted by Gasteiger charge is 2.10. The Morgan fingerprint density at radius 2 is 2.00 bits per heavy atom. The second-order valence-corrected chi connectivity index (χ2v) is 3.92. The van der Waals surface area contributed by atoms with Crippen LogP contribution in [0.25, 0.3) is 0 Å². The van der Waals surface area contributed by atoms with Gasteiger partial charge in [0.2, 0.25) is 0 Å². The van der Waals surface area contributed by atoms with E-state index in [4.69, 9.17) is 5.11 Å². The third-order valence-corrected chi connectivity index (χ3v) is 2.55. The van der Waals surface area contributed by atoms with Crippen LogP contribution >= 0.6 is 0 Å². The Balaban J connectivity index is 2.74. The summed E-state index contributed by atoms with van der Waals surface area (Å²) in [5.41, 5.74) is 0.911. The van der Waals surface area contributed by atoms with Gasteiger partial charge in [-0.1, -0.05) is 38.0 Å². The second-order valence-electron chi connectivity index (χ2n) is 3.92. The minimum Gasteiger partial charge on any atom is -0.481 e. The van der Waals surface area contributed by atoms with Crippen molar-refractivity contribution in [1.29, 1.82) is 0 Å². The van der Waals surface area contributed by atoms with Crippen molar-refractivity contribution in [3.63, 3.8) is 0 Å². The molecule has 0 unspecified atom stereocenters. The lowest BCUT2D eigenvalue weighted by Crippen LogP contribution is -2.04. The van der Waals surface area contributed by atoms with Crippen molar-refractivity contribution in [2.24, 2.45) is 0 Å². The SMILES string of the molecule is CCCCCc1cccc(CC(=O)O)c1F. The molecule has 0 saturated heterocycles. The number of benzene rings is 1. The molecule has 0 bridgehead atoms. The monoisotopic (exact) mass is 224 g/mol. The summed E-state index contributed by atoms with van der Waals surface area (Å²) < 4.78 is 13.8. The van der Waals surface area contributed by atoms with E-state index >= 15 is 0 Å². The van der Waals surface area contributed by atoms with Gasteiger partial charge in [-0.2, -0.15) is 0 Å². The standard InChI is InChI=1S/C13H17FO2/c1-2-3-4-6-10-7-5-8-11(13(10)14)9-12(15)16/h5,7-8H,2-4,6,9H2,1H3,(H,15,16). The van der Waals surface area contributed by atoms with Crippen LogP contribution in [0.4, 0.5) is 4.39 Å². The molecule has 0 saturated carbocycles. The molecule has 0 amide bonds. The van der Waals surface area contributed by atoms with Gasteiger partial charge in [0.15, 0.2) is 0 Å². The molecule has 3 heteroatoms. The number of carbonyl (C=O) groups is 1. The van der Waals surface area contributed by atoms with Gasteiger partial charge in [0.05, 0.1) is 6.42 Å². The van der Waals surface area contributed by atoms with Gasteiger partial charge in [0, 0.05) is 0 Å². The molecule has 0 radical (unpaired) electrons. The fourth-order valence-corrected chi connectivity index (χ4v) is 1.69. The molecule has 0 heterocycles. The zero-order valence-corrected chi connectivity index (χ0v) is 9.50. The van der Waals surface area contributed by atoms with Gasteiger partial charge in [-0.25, -0.2) is 4.39 Å². The third kappa shape index (κ3) is 3.65. The molecule has 0 aliphatic rings. The molecule has 0 aliphatic carbocycles. The van der Waals surface area contributed by atoms with Crippen molar-refractivity contribution in [3.05, 3.63) is 35.1 Å². The van der Waals surface area contributed by atoms with Crippen LogP contribution in [0.1, 0.15) is 37.3 Å². The predicted octanol–water partition coefficient (Wildman–Crippen LogP) is 3.19. The Labute approximate surface area is 95.1 Å². The summed E-state index contributed by atoms with van der Waals surface area (Å²) in [6.45, 7) is 2.09. The van der Waals surface area contributed by atoms with Crippen molar-refractivity contribution in [3.8, 4) is 0 Å². The highest BCUT2D eigenvalue weighted by Crippen LogP contribution is 2.16. The molecule has 16 heavy (non-hydrogen) atoms. The first-order chi connectivity index (χ1) is 7.65. The topological polar surface area (TPSA) is 37.3 Å². The van der Waals surface area contributed by atoms with Gasteiger partial charge in [-0.05, 0) is 24.0 Å². The lowest BCUT2D eigenvalue weighted by Gasteiger charge is -2.06. The number of hydrogen-bond donors (Lipinski definition) is 1. The zero-order chi connectivity index (χ0) is 12.0. The van der Waals surface area contributed by atoms with Crippen LogP contribution in [0.15, 0.2) is 18.2 Å². The van der Waals surface area contributed by atoms with Crippen LogP contribution in [-0.4, -0.2) is 11.1 Å². The van der Waals surface area contributed by atoms with E-state index < -0.39 is 5.97 Å². The van der Waals surface area contributed by atoms with E-state index in [0.29, 0.717) is 12.0 Å². The van der Waals surface area contributed by atoms with Crippen LogP contribution in [-0.2, 0) is 17.6 Å². The summed E-state index contributed by atoms with van der Waals surface area (Å²) in [5.74, 6) is -1.34. The van der Waals surface area contributed by atoms with E-state index in [2.05, 4.69) is 6.92 Å². The number of carboxylic acids is 1. The lowest BCUT2D eigenvalue weighted by atomic mass is 10.0. The maximum Gasteiger partial charge on any atom is 0.307 e. The highest BCUT2D eigenvalue weighted by molar-refractivity contribution is 5.70. The van der Waals surface area contributed by atoms with Crippen LogP contribution in [0.2, 0.25) is 0 Å². The average molecular weight is 224 g/mol. The summed E-state index contributed by atoms with van der Waals surface area (Å²) >= 11 is 0. The Morgan fingerprint density at radius 1 is 1.31 bits per heavy atom. The molecular formula is C13H17FO2. The van der Waals surface area contributed by atoms with Gasteiger partial charge in [-0.3, -0.25) is 4.79 Å². The highest BCUT2D eigenvalue weighted by atomic mass is 19.1. The summed E-state index contributed by atoms with van der Waals surface area (Å²) in [6, 6.07) is 4.99. The Hall–Kier alpha value is -1.38. The number of unbranched alkanes of at least 4 members (excludes halogenated alkanes) is 2. The van der Waals surface area contributed by atoms with Crippen LogP contribution in [0.5, 0.6) is 0 Å². The molecule has 88 valence electrons. The molecule has 0 atom stereocenters. The van der Waals surface area contributed by atoms with Gasteiger partial charge in [-0.15, -0.1) is 0 Å². The summed E-state index contributed by atoms with van der Waals surface area (Å²) in [7, 11) is 0. The van der Waals surface area contributed by atoms with E-state index in [1.54, 1.807) is 12.1 Å². The average Bonchev–Trinajstić information content (AvgIpc) is 2.23. The van der Waals surface area contributed by atoms with E-state index in [9.17, 15) is 9.18 Å². The third-order valence-electron chi connectivity index (χ3n) is 2.55. The van der Waals surface area contributed by atoms with Gasteiger partial charge >= 0.3 is 5.97 Å². The summed E-state index contributed by atoms with van der Waals surface area (Å²) in [5, 5.41) is 8.63. The molecule has 0 aromatic heterocycles. The van der Waals surface area contributed by atoms with Gasteiger partial charge in [0.25, 0.3) is 0 Å². The minimum absolute atomic E-state index is 0.243. The first-order valence-electron chi connectivity index (χ1n) is 5.63. The van der Waals surface area contributed by atoms with Crippen LogP contribution in [0.3, 0.4) is 0 Å². The normalized spacial score (nSPS) is 10.4. The first-order valence-corrected chi connectivity index (χ1v) is 5.63. The number of rotatable bonds is 6. The molecular weight excluding hydrogens is 207 g/mol. The quantitative estimate of drug-likeness (QED) is 0.753. The number of halogens is 1. The minimum atomic E-state index is -0.996. The Morgan fingerprint density at radius 3 is 2.62 bits per heavy atom. The molecule has 1 aromatic carbocycles. The lowest BCUT2D eigenvalue weighted by molar-refractivity contribution is -0.136. The number of carboxylic acid groups (broad SMARTS) is 1. The van der Waals surface area contributed by atoms with Crippen molar-refractivity contribution in [2.75, 3.05) is 0 Å².